The van der Waals surface area contributed by atoms with Crippen LogP contribution in [0.3, 0.4) is 0 Å². The molecule has 1 unspecified atom stereocenters. The van der Waals surface area contributed by atoms with Gasteiger partial charge in [-0.05, 0) is 42.3 Å². The molecular formula is C19H18ClN3O. The molecule has 5 heteroatoms. The van der Waals surface area contributed by atoms with E-state index in [-0.39, 0.29) is 11.9 Å². The van der Waals surface area contributed by atoms with Crippen LogP contribution in [-0.4, -0.2) is 15.5 Å². The molecule has 0 bridgehead atoms. The zero-order valence-electron chi connectivity index (χ0n) is 13.5. The number of carbonyl (C=O) groups is 1. The lowest BCUT2D eigenvalue weighted by Gasteiger charge is -2.14. The monoisotopic (exact) mass is 339 g/mol. The lowest BCUT2D eigenvalue weighted by atomic mass is 10.1. The summed E-state index contributed by atoms with van der Waals surface area (Å²) in [5.41, 5.74) is 3.58. The standard InChI is InChI=1S/C19H18ClN3O/c1-13(15-4-3-9-21-11-15)22-19(24)18-10-16(12-23(18)2)14-5-7-17(20)8-6-14/h3-13H,1-2H3,(H,22,24). The Hall–Kier alpha value is -2.59. The Balaban J connectivity index is 1.79. The minimum absolute atomic E-state index is 0.111. The van der Waals surface area contributed by atoms with E-state index in [0.717, 1.165) is 16.7 Å². The van der Waals surface area contributed by atoms with Gasteiger partial charge in [-0.15, -0.1) is 0 Å². The number of pyridine rings is 1. The van der Waals surface area contributed by atoms with Crippen LogP contribution < -0.4 is 5.32 Å². The Kier molecular flexibility index (Phi) is 4.67. The minimum atomic E-state index is -0.117. The van der Waals surface area contributed by atoms with Crippen LogP contribution in [-0.2, 0) is 7.05 Å². The Bertz CT molecular complexity index is 841. The Morgan fingerprint density at radius 3 is 2.62 bits per heavy atom. The van der Waals surface area contributed by atoms with Crippen molar-refractivity contribution < 1.29 is 4.79 Å². The van der Waals surface area contributed by atoms with E-state index in [4.69, 9.17) is 11.6 Å². The normalized spacial score (nSPS) is 12.0. The summed E-state index contributed by atoms with van der Waals surface area (Å²) in [7, 11) is 1.86. The van der Waals surface area contributed by atoms with Gasteiger partial charge in [-0.25, -0.2) is 0 Å². The van der Waals surface area contributed by atoms with E-state index in [9.17, 15) is 4.79 Å². The van der Waals surface area contributed by atoms with Crippen molar-refractivity contribution in [2.75, 3.05) is 0 Å². The molecule has 0 saturated carbocycles. The third kappa shape index (κ3) is 3.49. The molecule has 4 nitrogen and oxygen atoms in total. The van der Waals surface area contributed by atoms with Crippen LogP contribution in [0, 0.1) is 0 Å². The van der Waals surface area contributed by atoms with Gasteiger partial charge in [0.2, 0.25) is 0 Å². The van der Waals surface area contributed by atoms with Crippen molar-refractivity contribution in [1.29, 1.82) is 0 Å². The average Bonchev–Trinajstić information content (AvgIpc) is 2.98. The summed E-state index contributed by atoms with van der Waals surface area (Å²) in [4.78, 5) is 16.7. The maximum atomic E-state index is 12.6. The molecule has 2 heterocycles. The predicted molar refractivity (Wildman–Crippen MR) is 96.0 cm³/mol. The number of aromatic nitrogens is 2. The van der Waals surface area contributed by atoms with Gasteiger partial charge in [-0.3, -0.25) is 9.78 Å². The van der Waals surface area contributed by atoms with Gasteiger partial charge in [-0.2, -0.15) is 0 Å². The number of hydrogen-bond acceptors (Lipinski definition) is 2. The van der Waals surface area contributed by atoms with Crippen molar-refractivity contribution in [3.05, 3.63) is 77.3 Å². The lowest BCUT2D eigenvalue weighted by Crippen LogP contribution is -2.28. The summed E-state index contributed by atoms with van der Waals surface area (Å²) >= 11 is 5.93. The molecule has 122 valence electrons. The number of amides is 1. The fourth-order valence-corrected chi connectivity index (χ4v) is 2.70. The SMILES string of the molecule is CC(NC(=O)c1cc(-c2ccc(Cl)cc2)cn1C)c1cccnc1. The Morgan fingerprint density at radius 2 is 1.96 bits per heavy atom. The van der Waals surface area contributed by atoms with Gasteiger partial charge in [0.15, 0.2) is 0 Å². The molecule has 1 N–H and O–H groups in total. The topological polar surface area (TPSA) is 46.9 Å². The van der Waals surface area contributed by atoms with Gasteiger partial charge in [0.05, 0.1) is 6.04 Å². The third-order valence-electron chi connectivity index (χ3n) is 3.95. The van der Waals surface area contributed by atoms with E-state index in [2.05, 4.69) is 10.3 Å². The van der Waals surface area contributed by atoms with Crippen molar-refractivity contribution in [2.24, 2.45) is 7.05 Å². The molecule has 0 aliphatic rings. The highest BCUT2D eigenvalue weighted by Crippen LogP contribution is 2.24. The molecule has 3 aromatic rings. The highest BCUT2D eigenvalue weighted by atomic mass is 35.5. The van der Waals surface area contributed by atoms with Crippen molar-refractivity contribution in [3.8, 4) is 11.1 Å². The summed E-state index contributed by atoms with van der Waals surface area (Å²) in [5, 5.41) is 3.70. The highest BCUT2D eigenvalue weighted by molar-refractivity contribution is 6.30. The molecule has 1 aromatic carbocycles. The molecule has 0 spiro atoms. The minimum Gasteiger partial charge on any atom is -0.346 e. The van der Waals surface area contributed by atoms with Crippen LogP contribution in [0.25, 0.3) is 11.1 Å². The fraction of sp³-hybridized carbons (Fsp3) is 0.158. The molecule has 2 aromatic heterocycles. The maximum absolute atomic E-state index is 12.6. The van der Waals surface area contributed by atoms with Crippen LogP contribution in [0.4, 0.5) is 0 Å². The van der Waals surface area contributed by atoms with E-state index >= 15 is 0 Å². The highest BCUT2D eigenvalue weighted by Gasteiger charge is 2.16. The first kappa shape index (κ1) is 16.3. The summed E-state index contributed by atoms with van der Waals surface area (Å²) in [6, 6.07) is 13.1. The van der Waals surface area contributed by atoms with Crippen molar-refractivity contribution >= 4 is 17.5 Å². The molecule has 0 saturated heterocycles. The molecule has 0 fully saturated rings. The predicted octanol–water partition coefficient (Wildman–Crippen LogP) is 4.23. The van der Waals surface area contributed by atoms with Crippen LogP contribution in [0.1, 0.15) is 29.0 Å². The summed E-state index contributed by atoms with van der Waals surface area (Å²) in [6.07, 6.45) is 5.41. The maximum Gasteiger partial charge on any atom is 0.268 e. The zero-order valence-corrected chi connectivity index (χ0v) is 14.3. The third-order valence-corrected chi connectivity index (χ3v) is 4.20. The van der Waals surface area contributed by atoms with Gasteiger partial charge in [0.25, 0.3) is 5.91 Å². The van der Waals surface area contributed by atoms with Gasteiger partial charge < -0.3 is 9.88 Å². The molecule has 0 aliphatic heterocycles. The smallest absolute Gasteiger partial charge is 0.268 e. The molecule has 3 rings (SSSR count). The number of aryl methyl sites for hydroxylation is 1. The number of hydrogen-bond donors (Lipinski definition) is 1. The van der Waals surface area contributed by atoms with E-state index in [1.807, 2.05) is 67.2 Å². The molecule has 1 atom stereocenters. The van der Waals surface area contributed by atoms with E-state index in [1.165, 1.54) is 0 Å². The Morgan fingerprint density at radius 1 is 1.21 bits per heavy atom. The van der Waals surface area contributed by atoms with Crippen LogP contribution >= 0.6 is 11.6 Å². The van der Waals surface area contributed by atoms with E-state index < -0.39 is 0 Å². The van der Waals surface area contributed by atoms with Gasteiger partial charge in [0.1, 0.15) is 5.69 Å². The van der Waals surface area contributed by atoms with E-state index in [0.29, 0.717) is 10.7 Å². The molecule has 0 aliphatic carbocycles. The summed E-state index contributed by atoms with van der Waals surface area (Å²) in [5.74, 6) is -0.117. The Labute approximate surface area is 146 Å². The van der Waals surface area contributed by atoms with Crippen LogP contribution in [0.2, 0.25) is 5.02 Å². The molecule has 0 radical (unpaired) electrons. The second-order valence-electron chi connectivity index (χ2n) is 5.71. The average molecular weight is 340 g/mol. The number of rotatable bonds is 4. The van der Waals surface area contributed by atoms with Crippen molar-refractivity contribution in [3.63, 3.8) is 0 Å². The first-order chi connectivity index (χ1) is 11.5. The lowest BCUT2D eigenvalue weighted by molar-refractivity contribution is 0.0931. The number of nitrogens with zero attached hydrogens (tertiary/aromatic N) is 2. The van der Waals surface area contributed by atoms with Crippen LogP contribution in [0.15, 0.2) is 61.1 Å². The van der Waals surface area contributed by atoms with E-state index in [1.54, 1.807) is 12.4 Å². The number of nitrogens with one attached hydrogen (secondary N) is 1. The number of carbonyl (C=O) groups excluding carboxylic acids is 1. The number of halogens is 1. The van der Waals surface area contributed by atoms with Crippen LogP contribution in [0.5, 0.6) is 0 Å². The summed E-state index contributed by atoms with van der Waals surface area (Å²) in [6.45, 7) is 1.94. The second kappa shape index (κ2) is 6.89. The molecule has 24 heavy (non-hydrogen) atoms. The quantitative estimate of drug-likeness (QED) is 0.773. The van der Waals surface area contributed by atoms with Gasteiger partial charge in [-0.1, -0.05) is 29.8 Å². The van der Waals surface area contributed by atoms with Crippen molar-refractivity contribution in [2.45, 2.75) is 13.0 Å². The summed E-state index contributed by atoms with van der Waals surface area (Å²) < 4.78 is 1.83. The van der Waals surface area contributed by atoms with Gasteiger partial charge in [0, 0.05) is 36.2 Å². The first-order valence-electron chi connectivity index (χ1n) is 7.67. The molecular weight excluding hydrogens is 322 g/mol. The second-order valence-corrected chi connectivity index (χ2v) is 6.15. The first-order valence-corrected chi connectivity index (χ1v) is 8.05. The largest absolute Gasteiger partial charge is 0.346 e. The number of benzene rings is 1. The van der Waals surface area contributed by atoms with Gasteiger partial charge >= 0.3 is 0 Å². The zero-order chi connectivity index (χ0) is 17.1. The fourth-order valence-electron chi connectivity index (χ4n) is 2.58. The van der Waals surface area contributed by atoms with Crippen molar-refractivity contribution in [1.82, 2.24) is 14.9 Å². The molecule has 1 amide bonds.